The molecule has 2 N–H and O–H groups in total. The molecule has 2 aromatic rings. The first-order valence-electron chi connectivity index (χ1n) is 10.7. The van der Waals surface area contributed by atoms with Crippen LogP contribution in [0.25, 0.3) is 0 Å². The number of nitrogens with zero attached hydrogens (tertiary/aromatic N) is 1. The molecule has 6 heteroatoms. The average Bonchev–Trinajstić information content (AvgIpc) is 2.75. The first kappa shape index (κ1) is 22.2. The molecular formula is C24H31N3O2S. The van der Waals surface area contributed by atoms with Gasteiger partial charge in [-0.1, -0.05) is 62.4 Å². The Balaban J connectivity index is 1.55. The van der Waals surface area contributed by atoms with Gasteiger partial charge in [0.25, 0.3) is 5.91 Å². The molecule has 0 heterocycles. The third-order valence-corrected chi connectivity index (χ3v) is 6.45. The lowest BCUT2D eigenvalue weighted by Gasteiger charge is -2.22. The van der Waals surface area contributed by atoms with Gasteiger partial charge in [0.2, 0.25) is 5.91 Å². The van der Waals surface area contributed by atoms with Crippen molar-refractivity contribution in [3.8, 4) is 0 Å². The van der Waals surface area contributed by atoms with Gasteiger partial charge in [0, 0.05) is 18.0 Å². The van der Waals surface area contributed by atoms with E-state index in [0.29, 0.717) is 11.3 Å². The molecule has 30 heavy (non-hydrogen) atoms. The van der Waals surface area contributed by atoms with Crippen molar-refractivity contribution in [2.45, 2.75) is 55.9 Å². The highest BCUT2D eigenvalue weighted by Crippen LogP contribution is 2.23. The molecule has 5 nitrogen and oxygen atoms in total. The number of carbonyl (C=O) groups is 2. The smallest absolute Gasteiger partial charge is 0.270 e. The Hall–Kier alpha value is -2.47. The fraction of sp³-hybridized carbons (Fsp3) is 0.417. The van der Waals surface area contributed by atoms with Gasteiger partial charge in [-0.2, -0.15) is 0 Å². The minimum absolute atomic E-state index is 0.0437. The molecule has 2 aromatic carbocycles. The Morgan fingerprint density at radius 3 is 2.30 bits per heavy atom. The summed E-state index contributed by atoms with van der Waals surface area (Å²) < 4.78 is 0. The number of amides is 2. The van der Waals surface area contributed by atoms with Crippen molar-refractivity contribution in [2.75, 3.05) is 17.8 Å². The minimum atomic E-state index is -0.190. The second-order valence-electron chi connectivity index (χ2n) is 7.73. The normalized spacial score (nSPS) is 15.0. The Morgan fingerprint density at radius 2 is 1.57 bits per heavy atom. The summed E-state index contributed by atoms with van der Waals surface area (Å²) in [6.07, 6.45) is 8.37. The highest BCUT2D eigenvalue weighted by Gasteiger charge is 2.17. The number of para-hydroxylation sites is 1. The quantitative estimate of drug-likeness (QED) is 0.495. The van der Waals surface area contributed by atoms with Crippen LogP contribution in [0.1, 0.15) is 55.3 Å². The van der Waals surface area contributed by atoms with Gasteiger partial charge in [-0.25, -0.2) is 0 Å². The summed E-state index contributed by atoms with van der Waals surface area (Å²) in [4.78, 5) is 26.1. The molecular weight excluding hydrogens is 394 g/mol. The number of carbonyl (C=O) groups excluding carboxylic acids is 2. The van der Waals surface area contributed by atoms with Gasteiger partial charge in [-0.15, -0.1) is 11.8 Å². The number of hydrogen-bond acceptors (Lipinski definition) is 4. The second-order valence-corrected chi connectivity index (χ2v) is 8.75. The molecule has 160 valence electrons. The summed E-state index contributed by atoms with van der Waals surface area (Å²) in [5.74, 6) is 0.169. The number of thioether (sulfide) groups is 1. The Kier molecular flexibility index (Phi) is 8.63. The van der Waals surface area contributed by atoms with E-state index < -0.39 is 0 Å². The van der Waals surface area contributed by atoms with Gasteiger partial charge in [-0.3, -0.25) is 20.0 Å². The predicted molar refractivity (Wildman–Crippen MR) is 124 cm³/mol. The summed E-state index contributed by atoms with van der Waals surface area (Å²) in [5, 5.41) is 4.89. The van der Waals surface area contributed by atoms with Crippen LogP contribution in [0, 0.1) is 0 Å². The van der Waals surface area contributed by atoms with E-state index in [9.17, 15) is 9.59 Å². The molecule has 1 aliphatic carbocycles. The highest BCUT2D eigenvalue weighted by atomic mass is 32.2. The van der Waals surface area contributed by atoms with Gasteiger partial charge in [0.1, 0.15) is 0 Å². The van der Waals surface area contributed by atoms with E-state index in [1.165, 1.54) is 43.9 Å². The first-order chi connectivity index (χ1) is 14.6. The molecule has 1 saturated carbocycles. The van der Waals surface area contributed by atoms with E-state index in [4.69, 9.17) is 0 Å². The molecule has 0 bridgehead atoms. The maximum Gasteiger partial charge on any atom is 0.270 e. The van der Waals surface area contributed by atoms with Crippen LogP contribution in [0.5, 0.6) is 0 Å². The Bertz CT molecular complexity index is 820. The van der Waals surface area contributed by atoms with Crippen molar-refractivity contribution in [2.24, 2.45) is 0 Å². The van der Waals surface area contributed by atoms with Crippen LogP contribution in [-0.4, -0.2) is 30.7 Å². The fourth-order valence-electron chi connectivity index (χ4n) is 3.72. The molecule has 0 radical (unpaired) electrons. The predicted octanol–water partition coefficient (Wildman–Crippen LogP) is 4.79. The third kappa shape index (κ3) is 6.80. The van der Waals surface area contributed by atoms with Gasteiger partial charge >= 0.3 is 0 Å². The van der Waals surface area contributed by atoms with Crippen LogP contribution in [0.2, 0.25) is 0 Å². The third-order valence-electron chi connectivity index (χ3n) is 5.37. The summed E-state index contributed by atoms with van der Waals surface area (Å²) in [5.41, 5.74) is 4.37. The molecule has 1 aliphatic rings. The first-order valence-corrected chi connectivity index (χ1v) is 11.7. The number of hydrazine groups is 1. The van der Waals surface area contributed by atoms with Crippen LogP contribution < -0.4 is 15.8 Å². The second kappa shape index (κ2) is 11.6. The number of rotatable bonds is 7. The van der Waals surface area contributed by atoms with E-state index >= 15 is 0 Å². The van der Waals surface area contributed by atoms with Crippen LogP contribution in [0.4, 0.5) is 5.69 Å². The Morgan fingerprint density at radius 1 is 0.933 bits per heavy atom. The van der Waals surface area contributed by atoms with Crippen LogP contribution >= 0.6 is 11.8 Å². The van der Waals surface area contributed by atoms with Crippen molar-refractivity contribution in [3.63, 3.8) is 0 Å². The van der Waals surface area contributed by atoms with Crippen molar-refractivity contribution >= 4 is 29.3 Å². The molecule has 0 saturated heterocycles. The van der Waals surface area contributed by atoms with Crippen molar-refractivity contribution in [1.82, 2.24) is 10.7 Å². The molecule has 2 amide bonds. The standard InChI is InChI=1S/C24H31N3O2S/c1-27(20-14-8-5-9-15-20)26-24(29)21-16-10-11-17-22(21)30-18-23(28)25-19-12-6-3-2-4-7-13-19/h5,8-11,14-17,19H,2-4,6-7,12-13,18H2,1H3,(H,25,28)(H,26,29). The Labute approximate surface area is 183 Å². The van der Waals surface area contributed by atoms with Gasteiger partial charge in [0.15, 0.2) is 0 Å². The van der Waals surface area contributed by atoms with E-state index in [2.05, 4.69) is 10.7 Å². The lowest BCUT2D eigenvalue weighted by molar-refractivity contribution is -0.119. The largest absolute Gasteiger partial charge is 0.353 e. The minimum Gasteiger partial charge on any atom is -0.353 e. The summed E-state index contributed by atoms with van der Waals surface area (Å²) >= 11 is 1.41. The number of hydrogen-bond donors (Lipinski definition) is 2. The van der Waals surface area contributed by atoms with Crippen LogP contribution in [0.15, 0.2) is 59.5 Å². The summed E-state index contributed by atoms with van der Waals surface area (Å²) in [6, 6.07) is 17.4. The van der Waals surface area contributed by atoms with Crippen molar-refractivity contribution < 1.29 is 9.59 Å². The highest BCUT2D eigenvalue weighted by molar-refractivity contribution is 8.00. The zero-order valence-corrected chi connectivity index (χ0v) is 18.4. The van der Waals surface area contributed by atoms with Gasteiger partial charge in [0.05, 0.1) is 17.0 Å². The van der Waals surface area contributed by atoms with Gasteiger partial charge in [-0.05, 0) is 37.1 Å². The monoisotopic (exact) mass is 425 g/mol. The zero-order valence-electron chi connectivity index (χ0n) is 17.6. The van der Waals surface area contributed by atoms with Gasteiger partial charge < -0.3 is 5.32 Å². The lowest BCUT2D eigenvalue weighted by Crippen LogP contribution is -2.39. The number of anilines is 1. The maximum atomic E-state index is 12.8. The fourth-order valence-corrected chi connectivity index (χ4v) is 4.58. The zero-order chi connectivity index (χ0) is 21.2. The average molecular weight is 426 g/mol. The van der Waals surface area contributed by atoms with E-state index in [1.807, 2.05) is 55.6 Å². The van der Waals surface area contributed by atoms with Crippen molar-refractivity contribution in [1.29, 1.82) is 0 Å². The molecule has 0 aromatic heterocycles. The molecule has 0 atom stereocenters. The SMILES string of the molecule is CN(NC(=O)c1ccccc1SCC(=O)NC1CCCCCCC1)c1ccccc1. The van der Waals surface area contributed by atoms with Crippen LogP contribution in [-0.2, 0) is 4.79 Å². The molecule has 0 unspecified atom stereocenters. The number of nitrogens with one attached hydrogen (secondary N) is 2. The molecule has 0 spiro atoms. The van der Waals surface area contributed by atoms with Crippen molar-refractivity contribution in [3.05, 3.63) is 60.2 Å². The van der Waals surface area contributed by atoms with Crippen LogP contribution in [0.3, 0.4) is 0 Å². The van der Waals surface area contributed by atoms with E-state index in [-0.39, 0.29) is 17.9 Å². The molecule has 3 rings (SSSR count). The van der Waals surface area contributed by atoms with E-state index in [1.54, 1.807) is 11.1 Å². The van der Waals surface area contributed by atoms with E-state index in [0.717, 1.165) is 23.4 Å². The molecule has 1 fully saturated rings. The lowest BCUT2D eigenvalue weighted by atomic mass is 9.97. The topological polar surface area (TPSA) is 61.4 Å². The number of benzene rings is 2. The maximum absolute atomic E-state index is 12.8. The summed E-state index contributed by atoms with van der Waals surface area (Å²) in [6.45, 7) is 0. The summed E-state index contributed by atoms with van der Waals surface area (Å²) in [7, 11) is 1.81. The molecule has 0 aliphatic heterocycles.